The summed E-state index contributed by atoms with van der Waals surface area (Å²) < 4.78 is 0. The molecule has 0 rings (SSSR count). The van der Waals surface area contributed by atoms with Crippen LogP contribution in [0.3, 0.4) is 0 Å². The minimum atomic E-state index is -1.78. The van der Waals surface area contributed by atoms with Gasteiger partial charge < -0.3 is 20.4 Å². The molecule has 0 amide bonds. The summed E-state index contributed by atoms with van der Waals surface area (Å²) in [4.78, 5) is 44.7. The fraction of sp³-hybridized carbons (Fsp3) is 0.733. The second-order valence-electron chi connectivity index (χ2n) is 5.55. The van der Waals surface area contributed by atoms with Gasteiger partial charge in [0.2, 0.25) is 0 Å². The van der Waals surface area contributed by atoms with Gasteiger partial charge in [-0.15, -0.1) is 0 Å². The largest absolute Gasteiger partial charge is 0.481 e. The number of carbonyl (C=O) groups is 4. The van der Waals surface area contributed by atoms with E-state index in [-0.39, 0.29) is 6.42 Å². The van der Waals surface area contributed by atoms with Gasteiger partial charge in [0.05, 0.1) is 24.2 Å². The van der Waals surface area contributed by atoms with Crippen LogP contribution in [0.4, 0.5) is 0 Å². The van der Waals surface area contributed by atoms with E-state index in [9.17, 15) is 29.4 Å². The van der Waals surface area contributed by atoms with Crippen molar-refractivity contribution in [2.75, 3.05) is 0 Å². The van der Waals surface area contributed by atoms with Crippen LogP contribution in [0, 0.1) is 17.8 Å². The molecule has 0 saturated heterocycles. The van der Waals surface area contributed by atoms with E-state index in [1.807, 2.05) is 6.92 Å². The van der Waals surface area contributed by atoms with Crippen molar-refractivity contribution in [2.45, 2.75) is 51.9 Å². The van der Waals surface area contributed by atoms with Gasteiger partial charge in [0.25, 0.3) is 0 Å². The van der Waals surface area contributed by atoms with Gasteiger partial charge in [-0.25, -0.2) is 0 Å². The number of hydrogen-bond donors (Lipinski definition) is 4. The van der Waals surface area contributed by atoms with Crippen LogP contribution in [-0.4, -0.2) is 44.3 Å². The van der Waals surface area contributed by atoms with Crippen LogP contribution in [0.1, 0.15) is 51.9 Å². The quantitative estimate of drug-likeness (QED) is 0.374. The molecule has 8 nitrogen and oxygen atoms in total. The highest BCUT2D eigenvalue weighted by molar-refractivity contribution is 5.87. The van der Waals surface area contributed by atoms with Crippen LogP contribution >= 0.6 is 0 Å². The number of aliphatic carboxylic acids is 4. The fourth-order valence-corrected chi connectivity index (χ4v) is 2.61. The zero-order valence-corrected chi connectivity index (χ0v) is 13.1. The third-order valence-corrected chi connectivity index (χ3v) is 3.80. The molecular formula is C15H24O8. The van der Waals surface area contributed by atoms with Gasteiger partial charge in [-0.2, -0.15) is 0 Å². The van der Waals surface area contributed by atoms with Gasteiger partial charge in [-0.3, -0.25) is 19.2 Å². The molecule has 0 aromatic carbocycles. The predicted octanol–water partition coefficient (Wildman–Crippen LogP) is 1.92. The minimum Gasteiger partial charge on any atom is -0.481 e. The molecule has 132 valence electrons. The average molecular weight is 332 g/mol. The van der Waals surface area contributed by atoms with Crippen molar-refractivity contribution < 1.29 is 39.6 Å². The Balaban J connectivity index is 5.14. The highest BCUT2D eigenvalue weighted by Crippen LogP contribution is 2.30. The van der Waals surface area contributed by atoms with Crippen LogP contribution in [-0.2, 0) is 19.2 Å². The molecule has 0 fully saturated rings. The lowest BCUT2D eigenvalue weighted by atomic mass is 9.77. The highest BCUT2D eigenvalue weighted by Gasteiger charge is 2.43. The smallest absolute Gasteiger partial charge is 0.308 e. The summed E-state index contributed by atoms with van der Waals surface area (Å²) in [5.74, 6) is -11.1. The summed E-state index contributed by atoms with van der Waals surface area (Å²) in [7, 11) is 0. The molecule has 0 spiro atoms. The van der Waals surface area contributed by atoms with E-state index in [2.05, 4.69) is 0 Å². The van der Waals surface area contributed by atoms with Crippen molar-refractivity contribution in [3.63, 3.8) is 0 Å². The maximum atomic E-state index is 11.4. The Morgan fingerprint density at radius 3 is 1.65 bits per heavy atom. The number of carboxylic acid groups (broad SMARTS) is 4. The predicted molar refractivity (Wildman–Crippen MR) is 79.0 cm³/mol. The summed E-state index contributed by atoms with van der Waals surface area (Å²) >= 11 is 0. The zero-order chi connectivity index (χ0) is 18.0. The topological polar surface area (TPSA) is 149 Å². The van der Waals surface area contributed by atoms with Crippen LogP contribution in [0.2, 0.25) is 0 Å². The summed E-state index contributed by atoms with van der Waals surface area (Å²) in [6.45, 7) is 2.02. The first kappa shape index (κ1) is 20.9. The molecular weight excluding hydrogens is 308 g/mol. The minimum absolute atomic E-state index is 0.0133. The zero-order valence-electron chi connectivity index (χ0n) is 13.1. The van der Waals surface area contributed by atoms with E-state index in [1.54, 1.807) is 0 Å². The molecule has 3 unspecified atom stereocenters. The van der Waals surface area contributed by atoms with Crippen LogP contribution in [0.15, 0.2) is 0 Å². The lowest BCUT2D eigenvalue weighted by Crippen LogP contribution is -2.40. The van der Waals surface area contributed by atoms with Crippen molar-refractivity contribution in [2.24, 2.45) is 17.8 Å². The SMILES string of the molecule is CCCCCCCC(C(=O)O)C(C(=O)O)C(CC(=O)O)C(=O)O. The summed E-state index contributed by atoms with van der Waals surface area (Å²) in [5, 5.41) is 36.3. The molecule has 0 radical (unpaired) electrons. The maximum Gasteiger partial charge on any atom is 0.308 e. The van der Waals surface area contributed by atoms with E-state index in [0.29, 0.717) is 6.42 Å². The lowest BCUT2D eigenvalue weighted by Gasteiger charge is -2.25. The Morgan fingerprint density at radius 2 is 1.26 bits per heavy atom. The first-order valence-corrected chi connectivity index (χ1v) is 7.62. The molecule has 0 aromatic heterocycles. The van der Waals surface area contributed by atoms with Gasteiger partial charge >= 0.3 is 23.9 Å². The summed E-state index contributed by atoms with van der Waals surface area (Å²) in [6, 6.07) is 0. The van der Waals surface area contributed by atoms with Crippen LogP contribution in [0.5, 0.6) is 0 Å². The molecule has 23 heavy (non-hydrogen) atoms. The van der Waals surface area contributed by atoms with Gasteiger partial charge in [0, 0.05) is 0 Å². The molecule has 0 saturated carbocycles. The van der Waals surface area contributed by atoms with E-state index >= 15 is 0 Å². The van der Waals surface area contributed by atoms with Gasteiger partial charge in [0.1, 0.15) is 0 Å². The fourth-order valence-electron chi connectivity index (χ4n) is 2.61. The molecule has 3 atom stereocenters. The Hall–Kier alpha value is -2.12. The van der Waals surface area contributed by atoms with E-state index in [1.165, 1.54) is 0 Å². The molecule has 0 bridgehead atoms. The number of carboxylic acids is 4. The third-order valence-electron chi connectivity index (χ3n) is 3.80. The van der Waals surface area contributed by atoms with Crippen molar-refractivity contribution in [3.8, 4) is 0 Å². The molecule has 0 aliphatic carbocycles. The molecule has 0 aliphatic rings. The second-order valence-corrected chi connectivity index (χ2v) is 5.55. The lowest BCUT2D eigenvalue weighted by molar-refractivity contribution is -0.164. The molecule has 0 heterocycles. The maximum absolute atomic E-state index is 11.4. The van der Waals surface area contributed by atoms with Gasteiger partial charge in [-0.05, 0) is 6.42 Å². The Kier molecular flexibility index (Phi) is 9.60. The van der Waals surface area contributed by atoms with Crippen LogP contribution in [0.25, 0.3) is 0 Å². The van der Waals surface area contributed by atoms with Crippen molar-refractivity contribution in [1.29, 1.82) is 0 Å². The van der Waals surface area contributed by atoms with Crippen LogP contribution < -0.4 is 0 Å². The Bertz CT molecular complexity index is 431. The number of hydrogen-bond acceptors (Lipinski definition) is 4. The molecule has 0 aliphatic heterocycles. The second kappa shape index (κ2) is 10.6. The Labute approximate surface area is 134 Å². The number of unbranched alkanes of at least 4 members (excludes halogenated alkanes) is 4. The number of rotatable bonds is 13. The molecule has 0 aromatic rings. The first-order chi connectivity index (χ1) is 10.7. The summed E-state index contributed by atoms with van der Waals surface area (Å²) in [6.07, 6.45) is 3.14. The first-order valence-electron chi connectivity index (χ1n) is 7.62. The molecule has 8 heteroatoms. The van der Waals surface area contributed by atoms with Gasteiger partial charge in [-0.1, -0.05) is 39.0 Å². The van der Waals surface area contributed by atoms with Crippen molar-refractivity contribution >= 4 is 23.9 Å². The third kappa shape index (κ3) is 7.62. The monoisotopic (exact) mass is 332 g/mol. The van der Waals surface area contributed by atoms with Crippen molar-refractivity contribution in [3.05, 3.63) is 0 Å². The standard InChI is InChI=1S/C15H24O8/c1-2-3-4-5-6-7-9(13(18)19)12(15(22)23)10(14(20)21)8-11(16)17/h9-10,12H,2-8H2,1H3,(H,16,17)(H,18,19)(H,20,21)(H,22,23). The summed E-state index contributed by atoms with van der Waals surface area (Å²) in [5.41, 5.74) is 0. The van der Waals surface area contributed by atoms with E-state index in [0.717, 1.165) is 25.7 Å². The highest BCUT2D eigenvalue weighted by atomic mass is 16.4. The van der Waals surface area contributed by atoms with E-state index in [4.69, 9.17) is 10.2 Å². The Morgan fingerprint density at radius 1 is 0.739 bits per heavy atom. The van der Waals surface area contributed by atoms with E-state index < -0.39 is 48.1 Å². The molecule has 4 N–H and O–H groups in total. The average Bonchev–Trinajstić information content (AvgIpc) is 2.43. The van der Waals surface area contributed by atoms with Crippen molar-refractivity contribution in [1.82, 2.24) is 0 Å². The van der Waals surface area contributed by atoms with Gasteiger partial charge in [0.15, 0.2) is 0 Å². The normalized spacial score (nSPS) is 14.7.